The summed E-state index contributed by atoms with van der Waals surface area (Å²) in [4.78, 5) is 0. The third-order valence-electron chi connectivity index (χ3n) is 12.7. The Hall–Kier alpha value is -7.42. The minimum atomic E-state index is 1.22. The molecular formula is C56H38N2. The largest absolute Gasteiger partial charge is 0.344 e. The molecule has 0 bridgehead atoms. The van der Waals surface area contributed by atoms with Gasteiger partial charge in [0, 0.05) is 57.7 Å². The van der Waals surface area contributed by atoms with Gasteiger partial charge in [-0.25, -0.2) is 0 Å². The van der Waals surface area contributed by atoms with Crippen molar-refractivity contribution in [2.24, 2.45) is 14.1 Å². The fraction of sp³-hybridized carbons (Fsp3) is 0.0357. The maximum absolute atomic E-state index is 2.49. The fourth-order valence-corrected chi connectivity index (χ4v) is 10.0. The van der Waals surface area contributed by atoms with Crippen LogP contribution in [0, 0.1) is 0 Å². The molecule has 58 heavy (non-hydrogen) atoms. The number of fused-ring (bicyclic) bond motifs is 9. The SMILES string of the molecule is Cn1c2ccccc2c2c(-c3cccc4c(-c5ccc6cc(-c7ccccc7)ccc6c5)c5cccc(-c6cccc7c6c6ccccc6n7C)c5cc34)cccc21. The van der Waals surface area contributed by atoms with Gasteiger partial charge in [0.15, 0.2) is 0 Å². The van der Waals surface area contributed by atoms with Crippen molar-refractivity contribution in [3.63, 3.8) is 0 Å². The second kappa shape index (κ2) is 12.5. The zero-order valence-electron chi connectivity index (χ0n) is 32.4. The predicted octanol–water partition coefficient (Wildman–Crippen LogP) is 15.1. The quantitative estimate of drug-likeness (QED) is 0.159. The Morgan fingerprint density at radius 3 is 1.28 bits per heavy atom. The van der Waals surface area contributed by atoms with Gasteiger partial charge in [0.2, 0.25) is 0 Å². The van der Waals surface area contributed by atoms with Crippen LogP contribution in [0.5, 0.6) is 0 Å². The van der Waals surface area contributed by atoms with Gasteiger partial charge in [-0.3, -0.25) is 0 Å². The van der Waals surface area contributed by atoms with Crippen LogP contribution < -0.4 is 0 Å². The average molecular weight is 739 g/mol. The molecule has 0 radical (unpaired) electrons. The third kappa shape index (κ3) is 4.72. The van der Waals surface area contributed by atoms with E-state index in [0.29, 0.717) is 0 Å². The normalized spacial score (nSPS) is 12.0. The van der Waals surface area contributed by atoms with Gasteiger partial charge >= 0.3 is 0 Å². The monoisotopic (exact) mass is 738 g/mol. The summed E-state index contributed by atoms with van der Waals surface area (Å²) in [5, 5.41) is 12.6. The molecule has 0 spiro atoms. The highest BCUT2D eigenvalue weighted by Gasteiger charge is 2.21. The lowest BCUT2D eigenvalue weighted by atomic mass is 9.85. The highest BCUT2D eigenvalue weighted by molar-refractivity contribution is 6.24. The summed E-state index contributed by atoms with van der Waals surface area (Å²) < 4.78 is 4.67. The van der Waals surface area contributed by atoms with Crippen LogP contribution in [-0.2, 0) is 14.1 Å². The van der Waals surface area contributed by atoms with E-state index in [-0.39, 0.29) is 0 Å². The number of hydrogen-bond donors (Lipinski definition) is 0. The van der Waals surface area contributed by atoms with E-state index in [1.807, 2.05) is 0 Å². The number of nitrogens with zero attached hydrogens (tertiary/aromatic N) is 2. The fourth-order valence-electron chi connectivity index (χ4n) is 10.0. The molecule has 272 valence electrons. The van der Waals surface area contributed by atoms with Crippen molar-refractivity contribution in [1.29, 1.82) is 0 Å². The van der Waals surface area contributed by atoms with Crippen molar-refractivity contribution in [1.82, 2.24) is 9.13 Å². The van der Waals surface area contributed by atoms with Crippen LogP contribution in [0.4, 0.5) is 0 Å². The van der Waals surface area contributed by atoms with Gasteiger partial charge in [-0.1, -0.05) is 152 Å². The van der Waals surface area contributed by atoms with E-state index >= 15 is 0 Å². The lowest BCUT2D eigenvalue weighted by Crippen LogP contribution is -1.92. The Bertz CT molecular complexity index is 3460. The van der Waals surface area contributed by atoms with Gasteiger partial charge in [-0.05, 0) is 119 Å². The Morgan fingerprint density at radius 2 is 0.707 bits per heavy atom. The zero-order valence-corrected chi connectivity index (χ0v) is 32.4. The molecule has 0 saturated carbocycles. The molecule has 0 unspecified atom stereocenters. The van der Waals surface area contributed by atoms with Crippen molar-refractivity contribution in [2.75, 3.05) is 0 Å². The van der Waals surface area contributed by atoms with Crippen molar-refractivity contribution >= 4 is 75.9 Å². The molecule has 0 aliphatic heterocycles. The first-order valence-corrected chi connectivity index (χ1v) is 20.1. The first kappa shape index (κ1) is 32.8. The Labute approximate surface area is 336 Å². The van der Waals surface area contributed by atoms with Crippen LogP contribution in [0.25, 0.3) is 120 Å². The molecule has 0 saturated heterocycles. The number of aryl methyl sites for hydroxylation is 2. The molecule has 0 amide bonds. The molecule has 2 heterocycles. The summed E-state index contributed by atoms with van der Waals surface area (Å²) in [6, 6.07) is 72.1. The summed E-state index contributed by atoms with van der Waals surface area (Å²) in [7, 11) is 4.37. The van der Waals surface area contributed by atoms with E-state index in [0.717, 1.165) is 0 Å². The summed E-state index contributed by atoms with van der Waals surface area (Å²) >= 11 is 0. The van der Waals surface area contributed by atoms with Gasteiger partial charge in [0.05, 0.1) is 0 Å². The lowest BCUT2D eigenvalue weighted by molar-refractivity contribution is 1.01. The van der Waals surface area contributed by atoms with Crippen LogP contribution in [0.1, 0.15) is 0 Å². The molecule has 10 aromatic carbocycles. The molecule has 12 rings (SSSR count). The van der Waals surface area contributed by atoms with Crippen LogP contribution in [0.3, 0.4) is 0 Å². The highest BCUT2D eigenvalue weighted by Crippen LogP contribution is 2.47. The molecule has 0 aliphatic rings. The van der Waals surface area contributed by atoms with Gasteiger partial charge in [0.25, 0.3) is 0 Å². The van der Waals surface area contributed by atoms with Gasteiger partial charge in [-0.2, -0.15) is 0 Å². The van der Waals surface area contributed by atoms with Gasteiger partial charge in [0.1, 0.15) is 0 Å². The minimum absolute atomic E-state index is 1.22. The van der Waals surface area contributed by atoms with Crippen molar-refractivity contribution in [3.8, 4) is 44.5 Å². The van der Waals surface area contributed by atoms with Crippen LogP contribution >= 0.6 is 0 Å². The zero-order chi connectivity index (χ0) is 38.5. The third-order valence-corrected chi connectivity index (χ3v) is 12.7. The molecule has 2 heteroatoms. The molecule has 0 aliphatic carbocycles. The number of para-hydroxylation sites is 2. The highest BCUT2D eigenvalue weighted by atomic mass is 14.9. The second-order valence-corrected chi connectivity index (χ2v) is 15.7. The van der Waals surface area contributed by atoms with E-state index in [4.69, 9.17) is 0 Å². The minimum Gasteiger partial charge on any atom is -0.344 e. The Kier molecular flexibility index (Phi) is 7.09. The van der Waals surface area contributed by atoms with E-state index in [2.05, 4.69) is 217 Å². The summed E-state index contributed by atoms with van der Waals surface area (Å²) in [6.45, 7) is 0. The maximum Gasteiger partial charge on any atom is 0.0495 e. The van der Waals surface area contributed by atoms with Crippen LogP contribution in [0.15, 0.2) is 194 Å². The van der Waals surface area contributed by atoms with E-state index in [1.165, 1.54) is 120 Å². The predicted molar refractivity (Wildman–Crippen MR) is 249 cm³/mol. The topological polar surface area (TPSA) is 9.86 Å². The molecule has 0 fully saturated rings. The van der Waals surface area contributed by atoms with Crippen molar-refractivity contribution < 1.29 is 0 Å². The van der Waals surface area contributed by atoms with E-state index in [9.17, 15) is 0 Å². The molecule has 0 atom stereocenters. The van der Waals surface area contributed by atoms with Crippen LogP contribution in [-0.4, -0.2) is 9.13 Å². The van der Waals surface area contributed by atoms with E-state index < -0.39 is 0 Å². The van der Waals surface area contributed by atoms with Gasteiger partial charge < -0.3 is 9.13 Å². The number of aromatic nitrogens is 2. The van der Waals surface area contributed by atoms with E-state index in [1.54, 1.807) is 0 Å². The standard InChI is InChI=1S/C56H38N2/c1-57-50-24-8-6-16-46(50)55-42(22-12-26-52(55)57)40-18-10-20-44-48(40)34-49-41(43-23-13-27-53-56(43)47-17-7-9-25-51(47)58(53)2)19-11-21-45(49)54(44)39-31-30-37-32-36(28-29-38(37)33-39)35-14-4-3-5-15-35/h3-34H,1-2H3. The number of rotatable bonds is 4. The molecule has 12 aromatic rings. The average Bonchev–Trinajstić information content (AvgIpc) is 3.75. The summed E-state index contributed by atoms with van der Waals surface area (Å²) in [5.74, 6) is 0. The summed E-state index contributed by atoms with van der Waals surface area (Å²) in [6.07, 6.45) is 0. The number of hydrogen-bond acceptors (Lipinski definition) is 0. The van der Waals surface area contributed by atoms with Crippen molar-refractivity contribution in [3.05, 3.63) is 194 Å². The Morgan fingerprint density at radius 1 is 0.276 bits per heavy atom. The molecule has 0 N–H and O–H groups in total. The van der Waals surface area contributed by atoms with Crippen LogP contribution in [0.2, 0.25) is 0 Å². The first-order valence-electron chi connectivity index (χ1n) is 20.1. The second-order valence-electron chi connectivity index (χ2n) is 15.7. The molecular weight excluding hydrogens is 701 g/mol. The molecule has 2 nitrogen and oxygen atoms in total. The first-order chi connectivity index (χ1) is 28.6. The smallest absolute Gasteiger partial charge is 0.0495 e. The lowest BCUT2D eigenvalue weighted by Gasteiger charge is -2.18. The maximum atomic E-state index is 2.49. The number of benzene rings is 10. The van der Waals surface area contributed by atoms with Crippen molar-refractivity contribution in [2.45, 2.75) is 0 Å². The summed E-state index contributed by atoms with van der Waals surface area (Å²) in [5.41, 5.74) is 14.9. The van der Waals surface area contributed by atoms with Gasteiger partial charge in [-0.15, -0.1) is 0 Å². The Balaban J connectivity index is 1.19. The molecule has 2 aromatic heterocycles.